The Morgan fingerprint density at radius 1 is 0.974 bits per heavy atom. The van der Waals surface area contributed by atoms with Gasteiger partial charge in [-0.2, -0.15) is 0 Å². The second kappa shape index (κ2) is 14.7. The normalized spacial score (nSPS) is 11.1. The van der Waals surface area contributed by atoms with Crippen molar-refractivity contribution in [2.24, 2.45) is 17.6 Å². The summed E-state index contributed by atoms with van der Waals surface area (Å²) < 4.78 is 2.08. The number of nitrogens with zero attached hydrogens (tertiary/aromatic N) is 3. The van der Waals surface area contributed by atoms with E-state index in [-0.39, 0.29) is 24.2 Å². The largest absolute Gasteiger partial charge is 0.355 e. The van der Waals surface area contributed by atoms with Crippen LogP contribution in [0.1, 0.15) is 67.7 Å². The highest BCUT2D eigenvalue weighted by molar-refractivity contribution is 5.98. The van der Waals surface area contributed by atoms with Gasteiger partial charge in [-0.25, -0.2) is 4.98 Å². The molecular weight excluding hydrogens is 500 g/mol. The molecule has 0 atom stereocenters. The van der Waals surface area contributed by atoms with Crippen LogP contribution in [0.5, 0.6) is 0 Å². The van der Waals surface area contributed by atoms with Crippen LogP contribution in [-0.2, 0) is 6.54 Å². The molecule has 0 radical (unpaired) electrons. The summed E-state index contributed by atoms with van der Waals surface area (Å²) in [7, 11) is 1.61. The minimum absolute atomic E-state index is 0. The summed E-state index contributed by atoms with van der Waals surface area (Å²) in [5.74, 6) is 1.68. The van der Waals surface area contributed by atoms with Crippen molar-refractivity contribution in [3.8, 4) is 0 Å². The summed E-state index contributed by atoms with van der Waals surface area (Å²) in [6.07, 6.45) is 2.74. The van der Waals surface area contributed by atoms with E-state index >= 15 is 0 Å². The topological polar surface area (TPSA) is 105 Å². The van der Waals surface area contributed by atoms with Gasteiger partial charge < -0.3 is 25.8 Å². The Bertz CT molecular complexity index is 1180. The third-order valence-corrected chi connectivity index (χ3v) is 6.45. The summed E-state index contributed by atoms with van der Waals surface area (Å²) in [5.41, 5.74) is 9.63. The van der Waals surface area contributed by atoms with Gasteiger partial charge in [0.1, 0.15) is 0 Å². The van der Waals surface area contributed by atoms with Crippen molar-refractivity contribution in [3.63, 3.8) is 0 Å². The maximum atomic E-state index is 13.6. The standard InChI is InChI=1S/C29H42N6O2.ClH/c1-20(2)13-17-34(18-14-21(3)4)28(37)23-9-12-25-26(19-23)35(16-6-15-30)29(33-25)32-24-10-7-22(8-11-24)27(36)31-5;/h7-12,19-21H,6,13-18,30H2,1-5H3,(H,31,36)(H,32,33);1H. The summed E-state index contributed by atoms with van der Waals surface area (Å²) in [5, 5.41) is 6.01. The first-order valence-electron chi connectivity index (χ1n) is 13.3. The fourth-order valence-corrected chi connectivity index (χ4v) is 4.13. The van der Waals surface area contributed by atoms with E-state index in [2.05, 4.69) is 42.9 Å². The quantitative estimate of drug-likeness (QED) is 0.266. The number of rotatable bonds is 13. The first-order valence-corrected chi connectivity index (χ1v) is 13.3. The van der Waals surface area contributed by atoms with Crippen molar-refractivity contribution in [1.82, 2.24) is 19.8 Å². The second-order valence-electron chi connectivity index (χ2n) is 10.4. The molecule has 0 saturated carbocycles. The smallest absolute Gasteiger partial charge is 0.253 e. The van der Waals surface area contributed by atoms with Crippen molar-refractivity contribution in [3.05, 3.63) is 53.6 Å². The number of benzene rings is 2. The Hall–Kier alpha value is -3.10. The zero-order chi connectivity index (χ0) is 26.9. The number of fused-ring (bicyclic) bond motifs is 1. The van der Waals surface area contributed by atoms with Crippen LogP contribution in [-0.4, -0.2) is 52.9 Å². The SMILES string of the molecule is CNC(=O)c1ccc(Nc2nc3ccc(C(=O)N(CCC(C)C)CCC(C)C)cc3n2CCCN)cc1.Cl. The summed E-state index contributed by atoms with van der Waals surface area (Å²) in [6, 6.07) is 13.0. The molecule has 1 aromatic heterocycles. The molecule has 8 nitrogen and oxygen atoms in total. The van der Waals surface area contributed by atoms with Crippen LogP contribution < -0.4 is 16.4 Å². The van der Waals surface area contributed by atoms with Crippen LogP contribution in [0.25, 0.3) is 11.0 Å². The lowest BCUT2D eigenvalue weighted by Gasteiger charge is -2.24. The van der Waals surface area contributed by atoms with E-state index < -0.39 is 0 Å². The Kier molecular flexibility index (Phi) is 12.1. The van der Waals surface area contributed by atoms with E-state index in [4.69, 9.17) is 10.7 Å². The van der Waals surface area contributed by atoms with Gasteiger partial charge in [0.2, 0.25) is 5.95 Å². The minimum Gasteiger partial charge on any atom is -0.355 e. The number of anilines is 2. The van der Waals surface area contributed by atoms with E-state index in [1.165, 1.54) is 0 Å². The number of imidazole rings is 1. The van der Waals surface area contributed by atoms with Gasteiger partial charge in [-0.1, -0.05) is 27.7 Å². The van der Waals surface area contributed by atoms with E-state index in [0.717, 1.165) is 49.1 Å². The van der Waals surface area contributed by atoms with Gasteiger partial charge in [0.15, 0.2) is 0 Å². The molecule has 38 heavy (non-hydrogen) atoms. The lowest BCUT2D eigenvalue weighted by Crippen LogP contribution is -2.34. The zero-order valence-corrected chi connectivity index (χ0v) is 24.1. The first-order chi connectivity index (χ1) is 17.7. The lowest BCUT2D eigenvalue weighted by atomic mass is 10.1. The summed E-state index contributed by atoms with van der Waals surface area (Å²) >= 11 is 0. The molecule has 0 saturated heterocycles. The minimum atomic E-state index is -0.130. The third-order valence-electron chi connectivity index (χ3n) is 6.45. The molecule has 0 fully saturated rings. The van der Waals surface area contributed by atoms with E-state index in [9.17, 15) is 9.59 Å². The highest BCUT2D eigenvalue weighted by Gasteiger charge is 2.19. The number of nitrogens with one attached hydrogen (secondary N) is 2. The van der Waals surface area contributed by atoms with Crippen molar-refractivity contribution in [1.29, 1.82) is 0 Å². The molecule has 208 valence electrons. The molecule has 0 aliphatic carbocycles. The molecule has 0 bridgehead atoms. The number of carbonyl (C=O) groups is 2. The number of aromatic nitrogens is 2. The molecule has 3 rings (SSSR count). The van der Waals surface area contributed by atoms with E-state index in [0.29, 0.717) is 42.0 Å². The van der Waals surface area contributed by atoms with Crippen LogP contribution in [0.2, 0.25) is 0 Å². The van der Waals surface area contributed by atoms with E-state index in [1.807, 2.05) is 35.2 Å². The van der Waals surface area contributed by atoms with Gasteiger partial charge in [0, 0.05) is 43.5 Å². The van der Waals surface area contributed by atoms with Crippen molar-refractivity contribution < 1.29 is 9.59 Å². The Morgan fingerprint density at radius 3 is 2.13 bits per heavy atom. The number of carbonyl (C=O) groups excluding carboxylic acids is 2. The molecule has 3 aromatic rings. The molecular formula is C29H43ClN6O2. The molecule has 0 unspecified atom stereocenters. The van der Waals surface area contributed by atoms with Gasteiger partial charge in [-0.3, -0.25) is 9.59 Å². The predicted molar refractivity (Wildman–Crippen MR) is 159 cm³/mol. The molecule has 0 aliphatic rings. The van der Waals surface area contributed by atoms with Gasteiger partial charge in [0.05, 0.1) is 11.0 Å². The molecule has 2 aromatic carbocycles. The fraction of sp³-hybridized carbons (Fsp3) is 0.483. The second-order valence-corrected chi connectivity index (χ2v) is 10.4. The Balaban J connectivity index is 0.00000507. The third kappa shape index (κ3) is 8.20. The Labute approximate surface area is 232 Å². The lowest BCUT2D eigenvalue weighted by molar-refractivity contribution is 0.0740. The van der Waals surface area contributed by atoms with Gasteiger partial charge in [-0.15, -0.1) is 12.4 Å². The van der Waals surface area contributed by atoms with Crippen LogP contribution in [0.3, 0.4) is 0 Å². The summed E-state index contributed by atoms with van der Waals surface area (Å²) in [6.45, 7) is 11.5. The van der Waals surface area contributed by atoms with Crippen molar-refractivity contribution in [2.45, 2.75) is 53.5 Å². The highest BCUT2D eigenvalue weighted by Crippen LogP contribution is 2.25. The zero-order valence-electron chi connectivity index (χ0n) is 23.3. The number of nitrogens with two attached hydrogens (primary N) is 1. The van der Waals surface area contributed by atoms with Crippen LogP contribution in [0, 0.1) is 11.8 Å². The highest BCUT2D eigenvalue weighted by atomic mass is 35.5. The Morgan fingerprint density at radius 2 is 1.58 bits per heavy atom. The van der Waals surface area contributed by atoms with E-state index in [1.54, 1.807) is 19.2 Å². The van der Waals surface area contributed by atoms with Crippen molar-refractivity contribution in [2.75, 3.05) is 32.0 Å². The molecule has 0 aliphatic heterocycles. The van der Waals surface area contributed by atoms with Crippen molar-refractivity contribution >= 4 is 46.9 Å². The number of halogens is 1. The number of hydrogen-bond donors (Lipinski definition) is 3. The van der Waals surface area contributed by atoms with Gasteiger partial charge in [-0.05, 0) is 80.1 Å². The molecule has 4 N–H and O–H groups in total. The number of hydrogen-bond acceptors (Lipinski definition) is 5. The monoisotopic (exact) mass is 542 g/mol. The van der Waals surface area contributed by atoms with Crippen LogP contribution in [0.4, 0.5) is 11.6 Å². The maximum absolute atomic E-state index is 13.6. The summed E-state index contributed by atoms with van der Waals surface area (Å²) in [4.78, 5) is 32.2. The van der Waals surface area contributed by atoms with Gasteiger partial charge >= 0.3 is 0 Å². The van der Waals surface area contributed by atoms with Gasteiger partial charge in [0.25, 0.3) is 11.8 Å². The molecule has 9 heteroatoms. The molecule has 0 spiro atoms. The predicted octanol–water partition coefficient (Wildman–Crippen LogP) is 5.44. The van der Waals surface area contributed by atoms with Crippen LogP contribution >= 0.6 is 12.4 Å². The van der Waals surface area contributed by atoms with Crippen LogP contribution in [0.15, 0.2) is 42.5 Å². The maximum Gasteiger partial charge on any atom is 0.253 e. The molecule has 1 heterocycles. The average molecular weight is 543 g/mol. The number of amides is 2. The molecule has 2 amide bonds. The fourth-order valence-electron chi connectivity index (χ4n) is 4.13. The first kappa shape index (κ1) is 31.1. The average Bonchev–Trinajstić information content (AvgIpc) is 3.22. The number of aryl methyl sites for hydroxylation is 1.